The van der Waals surface area contributed by atoms with Crippen molar-refractivity contribution in [2.24, 2.45) is 0 Å². The third-order valence-electron chi connectivity index (χ3n) is 10.7. The van der Waals surface area contributed by atoms with E-state index in [-0.39, 0.29) is 0 Å². The van der Waals surface area contributed by atoms with Gasteiger partial charge in [0.05, 0.1) is 12.7 Å². The van der Waals surface area contributed by atoms with E-state index in [0.29, 0.717) is 29.3 Å². The first-order chi connectivity index (χ1) is 28.4. The number of tetrazole rings is 1. The van der Waals surface area contributed by atoms with Crippen molar-refractivity contribution in [2.45, 2.75) is 52.1 Å². The van der Waals surface area contributed by atoms with Gasteiger partial charge in [-0.2, -0.15) is 0 Å². The SMILES string of the molecule is CCCCc1nc(-c2nc(C)cc(C)c2C(=O)OC)cn1Cc1ccc(-c2ccc(-c3nnnn3C(c3ccccc3)(c3ccccc3)c3ccccc3)cc2)cc1. The number of nitrogens with zero attached hydrogens (tertiary/aromatic N) is 7. The molecule has 288 valence electrons. The molecule has 0 saturated heterocycles. The number of hydrogen-bond donors (Lipinski definition) is 0. The molecule has 0 amide bonds. The highest BCUT2D eigenvalue weighted by atomic mass is 16.5. The predicted octanol–water partition coefficient (Wildman–Crippen LogP) is 9.90. The average Bonchev–Trinajstić information content (AvgIpc) is 3.92. The van der Waals surface area contributed by atoms with Gasteiger partial charge in [0.15, 0.2) is 5.82 Å². The van der Waals surface area contributed by atoms with Crippen molar-refractivity contribution in [2.75, 3.05) is 7.11 Å². The number of benzene rings is 5. The Morgan fingerprint density at radius 3 is 1.81 bits per heavy atom. The van der Waals surface area contributed by atoms with Gasteiger partial charge in [-0.05, 0) is 75.7 Å². The summed E-state index contributed by atoms with van der Waals surface area (Å²) in [5.74, 6) is 1.21. The van der Waals surface area contributed by atoms with E-state index < -0.39 is 11.5 Å². The molecule has 0 bridgehead atoms. The molecule has 5 aromatic carbocycles. The lowest BCUT2D eigenvalue weighted by molar-refractivity contribution is 0.0600. The Morgan fingerprint density at radius 1 is 0.707 bits per heavy atom. The van der Waals surface area contributed by atoms with Crippen LogP contribution in [-0.4, -0.2) is 47.8 Å². The number of esters is 1. The number of rotatable bonds is 13. The minimum absolute atomic E-state index is 0.411. The van der Waals surface area contributed by atoms with E-state index in [1.165, 1.54) is 7.11 Å². The number of imidazole rings is 1. The number of carbonyl (C=O) groups is 1. The Morgan fingerprint density at radius 2 is 1.26 bits per heavy atom. The van der Waals surface area contributed by atoms with Crippen LogP contribution in [0.4, 0.5) is 0 Å². The molecule has 0 atom stereocenters. The number of unbranched alkanes of at least 4 members (excludes halogenated alkanes) is 1. The second-order valence-electron chi connectivity index (χ2n) is 14.6. The van der Waals surface area contributed by atoms with Crippen LogP contribution in [0.25, 0.3) is 33.9 Å². The first-order valence-electron chi connectivity index (χ1n) is 19.7. The monoisotopic (exact) mass is 763 g/mol. The molecule has 3 heterocycles. The van der Waals surface area contributed by atoms with Crippen molar-refractivity contribution in [3.63, 3.8) is 0 Å². The molecule has 0 radical (unpaired) electrons. The molecule has 3 aromatic heterocycles. The topological polar surface area (TPSA) is 101 Å². The molecule has 0 unspecified atom stereocenters. The van der Waals surface area contributed by atoms with Crippen LogP contribution in [0.5, 0.6) is 0 Å². The molecule has 0 aliphatic rings. The number of pyridine rings is 1. The second kappa shape index (κ2) is 16.6. The Hall–Kier alpha value is -7.00. The first kappa shape index (κ1) is 37.9. The Labute approximate surface area is 339 Å². The van der Waals surface area contributed by atoms with Gasteiger partial charge in [0.25, 0.3) is 0 Å². The van der Waals surface area contributed by atoms with E-state index in [9.17, 15) is 4.79 Å². The van der Waals surface area contributed by atoms with E-state index in [0.717, 1.165) is 75.3 Å². The minimum atomic E-state index is -0.831. The average molecular weight is 764 g/mol. The molecule has 0 saturated carbocycles. The van der Waals surface area contributed by atoms with Crippen LogP contribution in [-0.2, 0) is 23.2 Å². The highest BCUT2D eigenvalue weighted by Crippen LogP contribution is 2.42. The van der Waals surface area contributed by atoms with Gasteiger partial charge in [0, 0.05) is 30.4 Å². The van der Waals surface area contributed by atoms with E-state index in [2.05, 4.69) is 143 Å². The van der Waals surface area contributed by atoms with E-state index >= 15 is 0 Å². The summed E-state index contributed by atoms with van der Waals surface area (Å²) >= 11 is 0. The summed E-state index contributed by atoms with van der Waals surface area (Å²) in [5.41, 5.74) is 9.88. The molecule has 0 spiro atoms. The molecule has 58 heavy (non-hydrogen) atoms. The van der Waals surface area contributed by atoms with Crippen molar-refractivity contribution in [3.05, 3.63) is 197 Å². The summed E-state index contributed by atoms with van der Waals surface area (Å²) in [7, 11) is 1.40. The van der Waals surface area contributed by atoms with Crippen molar-refractivity contribution in [1.29, 1.82) is 0 Å². The van der Waals surface area contributed by atoms with Crippen LogP contribution < -0.4 is 0 Å². The maximum absolute atomic E-state index is 12.8. The summed E-state index contributed by atoms with van der Waals surface area (Å²) in [6.45, 7) is 6.65. The van der Waals surface area contributed by atoms with E-state index in [1.807, 2.05) is 49.0 Å². The molecule has 8 rings (SSSR count). The van der Waals surface area contributed by atoms with Crippen molar-refractivity contribution in [3.8, 4) is 33.9 Å². The zero-order valence-electron chi connectivity index (χ0n) is 33.2. The van der Waals surface area contributed by atoms with Crippen LogP contribution in [0.1, 0.15) is 69.5 Å². The lowest BCUT2D eigenvalue weighted by atomic mass is 9.77. The van der Waals surface area contributed by atoms with Gasteiger partial charge in [-0.3, -0.25) is 4.98 Å². The van der Waals surface area contributed by atoms with Gasteiger partial charge in [-0.25, -0.2) is 14.5 Å². The number of hydrogen-bond acceptors (Lipinski definition) is 7. The maximum atomic E-state index is 12.8. The van der Waals surface area contributed by atoms with E-state index in [4.69, 9.17) is 19.9 Å². The largest absolute Gasteiger partial charge is 0.465 e. The number of methoxy groups -OCH3 is 1. The third kappa shape index (κ3) is 7.23. The first-order valence-corrected chi connectivity index (χ1v) is 19.7. The quantitative estimate of drug-likeness (QED) is 0.0852. The second-order valence-corrected chi connectivity index (χ2v) is 14.6. The normalized spacial score (nSPS) is 11.4. The fourth-order valence-corrected chi connectivity index (χ4v) is 7.93. The van der Waals surface area contributed by atoms with Crippen LogP contribution in [0.3, 0.4) is 0 Å². The molecule has 0 aliphatic carbocycles. The molecule has 0 N–H and O–H groups in total. The summed E-state index contributed by atoms with van der Waals surface area (Å²) in [4.78, 5) is 22.6. The minimum Gasteiger partial charge on any atom is -0.465 e. The predicted molar refractivity (Wildman–Crippen MR) is 227 cm³/mol. The zero-order valence-corrected chi connectivity index (χ0v) is 33.2. The highest BCUT2D eigenvalue weighted by Gasteiger charge is 2.41. The van der Waals surface area contributed by atoms with Crippen LogP contribution in [0.2, 0.25) is 0 Å². The van der Waals surface area contributed by atoms with Gasteiger partial charge in [-0.15, -0.1) is 5.10 Å². The van der Waals surface area contributed by atoms with Crippen LogP contribution in [0, 0.1) is 13.8 Å². The number of carbonyl (C=O) groups excluding carboxylic acids is 1. The van der Waals surface area contributed by atoms with Crippen LogP contribution >= 0.6 is 0 Å². The molecule has 0 fully saturated rings. The van der Waals surface area contributed by atoms with Gasteiger partial charge >= 0.3 is 5.97 Å². The van der Waals surface area contributed by atoms with Gasteiger partial charge in [0.2, 0.25) is 0 Å². The van der Waals surface area contributed by atoms with Gasteiger partial charge in [-0.1, -0.05) is 153 Å². The fourth-order valence-electron chi connectivity index (χ4n) is 7.93. The van der Waals surface area contributed by atoms with Crippen molar-refractivity contribution < 1.29 is 9.53 Å². The van der Waals surface area contributed by atoms with Crippen molar-refractivity contribution >= 4 is 5.97 Å². The fraction of sp³-hybridized carbons (Fsp3) is 0.184. The lowest BCUT2D eigenvalue weighted by Crippen LogP contribution is -2.39. The van der Waals surface area contributed by atoms with Crippen LogP contribution in [0.15, 0.2) is 152 Å². The summed E-state index contributed by atoms with van der Waals surface area (Å²) in [6, 6.07) is 50.2. The summed E-state index contributed by atoms with van der Waals surface area (Å²) in [5, 5.41) is 13.6. The molecular formula is C49H45N7O2. The summed E-state index contributed by atoms with van der Waals surface area (Å²) < 4.78 is 9.27. The number of aromatic nitrogens is 7. The van der Waals surface area contributed by atoms with Crippen molar-refractivity contribution in [1.82, 2.24) is 34.7 Å². The molecule has 0 aliphatic heterocycles. The smallest absolute Gasteiger partial charge is 0.340 e. The number of aryl methyl sites for hydroxylation is 3. The third-order valence-corrected chi connectivity index (χ3v) is 10.7. The lowest BCUT2D eigenvalue weighted by Gasteiger charge is -2.36. The van der Waals surface area contributed by atoms with Gasteiger partial charge < -0.3 is 9.30 Å². The Bertz CT molecular complexity index is 2540. The summed E-state index contributed by atoms with van der Waals surface area (Å²) in [6.07, 6.45) is 4.90. The maximum Gasteiger partial charge on any atom is 0.340 e. The molecule has 8 aromatic rings. The van der Waals surface area contributed by atoms with E-state index in [1.54, 1.807) is 0 Å². The van der Waals surface area contributed by atoms with Gasteiger partial charge in [0.1, 0.15) is 22.8 Å². The highest BCUT2D eigenvalue weighted by molar-refractivity contribution is 5.97. The zero-order chi connectivity index (χ0) is 40.1. The Kier molecular flexibility index (Phi) is 10.9. The number of ether oxygens (including phenoxy) is 1. The Balaban J connectivity index is 1.10. The standard InChI is InChI=1S/C49H45N7O2/c1-5-6-22-44-51-43(46-45(48(57)58-4)34(2)31-35(3)50-46)33-55(44)32-36-23-25-37(26-24-36)38-27-29-39(30-28-38)47-52-53-54-56(47)49(40-16-10-7-11-17-40,41-18-12-8-13-19-41)42-20-14-9-15-21-42/h7-21,23-31,33H,5-6,22,32H2,1-4H3. The molecular weight excluding hydrogens is 719 g/mol. The molecule has 9 heteroatoms. The molecule has 9 nitrogen and oxygen atoms in total.